The zero-order valence-electron chi connectivity index (χ0n) is 9.33. The number of carbonyl (C=O) groups is 1. The van der Waals surface area contributed by atoms with E-state index in [4.69, 9.17) is 16.3 Å². The van der Waals surface area contributed by atoms with Crippen LogP contribution in [0.15, 0.2) is 24.3 Å². The molecule has 0 radical (unpaired) electrons. The lowest BCUT2D eigenvalue weighted by Crippen LogP contribution is -2.25. The summed E-state index contributed by atoms with van der Waals surface area (Å²) in [7, 11) is 0. The summed E-state index contributed by atoms with van der Waals surface area (Å²) in [5, 5.41) is 3.28. The Morgan fingerprint density at radius 3 is 2.88 bits per heavy atom. The Labute approximate surface area is 101 Å². The van der Waals surface area contributed by atoms with Gasteiger partial charge in [-0.2, -0.15) is 0 Å². The third-order valence-electron chi connectivity index (χ3n) is 2.12. The van der Waals surface area contributed by atoms with Gasteiger partial charge in [-0.15, -0.1) is 0 Å². The van der Waals surface area contributed by atoms with E-state index in [0.717, 1.165) is 18.4 Å². The van der Waals surface area contributed by atoms with Crippen LogP contribution < -0.4 is 5.32 Å². The van der Waals surface area contributed by atoms with E-state index in [-0.39, 0.29) is 6.61 Å². The Balaban J connectivity index is 2.29. The van der Waals surface area contributed by atoms with E-state index >= 15 is 0 Å². The minimum atomic E-state index is -0.395. The smallest absolute Gasteiger partial charge is 0.407 e. The normalized spacial score (nSPS) is 9.88. The fraction of sp³-hybridized carbons (Fsp3) is 0.417. The predicted molar refractivity (Wildman–Crippen MR) is 64.5 cm³/mol. The molecule has 0 fully saturated rings. The van der Waals surface area contributed by atoms with Gasteiger partial charge in [0.25, 0.3) is 0 Å². The van der Waals surface area contributed by atoms with E-state index in [1.807, 2.05) is 18.2 Å². The van der Waals surface area contributed by atoms with Gasteiger partial charge in [0.05, 0.1) is 0 Å². The number of benzene rings is 1. The van der Waals surface area contributed by atoms with Crippen molar-refractivity contribution in [1.82, 2.24) is 5.32 Å². The summed E-state index contributed by atoms with van der Waals surface area (Å²) in [6.45, 7) is 2.92. The molecule has 0 unspecified atom stereocenters. The molecule has 1 aromatic carbocycles. The summed E-state index contributed by atoms with van der Waals surface area (Å²) in [5.74, 6) is 0. The van der Waals surface area contributed by atoms with Crippen LogP contribution in [0.1, 0.15) is 25.3 Å². The second kappa shape index (κ2) is 7.12. The summed E-state index contributed by atoms with van der Waals surface area (Å²) in [6, 6.07) is 7.31. The Morgan fingerprint density at radius 2 is 2.19 bits per heavy atom. The molecule has 0 aliphatic carbocycles. The van der Waals surface area contributed by atoms with Crippen molar-refractivity contribution in [2.75, 3.05) is 6.54 Å². The molecule has 0 aromatic heterocycles. The minimum absolute atomic E-state index is 0.206. The number of alkyl carbamates (subject to hydrolysis) is 1. The first kappa shape index (κ1) is 12.8. The molecule has 1 aromatic rings. The molecular formula is C12H16ClNO2. The molecule has 0 saturated heterocycles. The topological polar surface area (TPSA) is 38.3 Å². The zero-order chi connectivity index (χ0) is 11.8. The standard InChI is InChI=1S/C12H16ClNO2/c1-2-3-8-14-12(15)16-9-10-6-4-5-7-11(10)13/h4-7H,2-3,8-9H2,1H3,(H,14,15). The van der Waals surface area contributed by atoms with E-state index in [1.54, 1.807) is 6.07 Å². The minimum Gasteiger partial charge on any atom is -0.445 e. The van der Waals surface area contributed by atoms with Crippen LogP contribution >= 0.6 is 11.6 Å². The molecule has 1 N–H and O–H groups in total. The van der Waals surface area contributed by atoms with Gasteiger partial charge < -0.3 is 10.1 Å². The van der Waals surface area contributed by atoms with E-state index in [0.29, 0.717) is 11.6 Å². The molecule has 4 heteroatoms. The van der Waals surface area contributed by atoms with Crippen molar-refractivity contribution in [3.05, 3.63) is 34.9 Å². The van der Waals surface area contributed by atoms with Crippen LogP contribution in [-0.2, 0) is 11.3 Å². The Kier molecular flexibility index (Phi) is 5.72. The van der Waals surface area contributed by atoms with Gasteiger partial charge in [-0.25, -0.2) is 4.79 Å². The summed E-state index contributed by atoms with van der Waals surface area (Å²) < 4.78 is 5.02. The molecule has 0 spiro atoms. The van der Waals surface area contributed by atoms with Crippen LogP contribution in [0.3, 0.4) is 0 Å². The SMILES string of the molecule is CCCCNC(=O)OCc1ccccc1Cl. The van der Waals surface area contributed by atoms with E-state index in [9.17, 15) is 4.79 Å². The van der Waals surface area contributed by atoms with Crippen molar-refractivity contribution in [3.8, 4) is 0 Å². The highest BCUT2D eigenvalue weighted by molar-refractivity contribution is 6.31. The number of hydrogen-bond acceptors (Lipinski definition) is 2. The number of unbranched alkanes of at least 4 members (excludes halogenated alkanes) is 1. The lowest BCUT2D eigenvalue weighted by Gasteiger charge is -2.07. The van der Waals surface area contributed by atoms with Crippen LogP contribution in [0.25, 0.3) is 0 Å². The molecule has 0 heterocycles. The zero-order valence-corrected chi connectivity index (χ0v) is 10.1. The van der Waals surface area contributed by atoms with Crippen molar-refractivity contribution < 1.29 is 9.53 Å². The summed E-state index contributed by atoms with van der Waals surface area (Å²) in [6.07, 6.45) is 1.61. The lowest BCUT2D eigenvalue weighted by atomic mass is 10.2. The number of hydrogen-bond donors (Lipinski definition) is 1. The van der Waals surface area contributed by atoms with Crippen molar-refractivity contribution >= 4 is 17.7 Å². The van der Waals surface area contributed by atoms with Crippen molar-refractivity contribution in [2.45, 2.75) is 26.4 Å². The first-order chi connectivity index (χ1) is 7.74. The maximum atomic E-state index is 11.2. The van der Waals surface area contributed by atoms with Gasteiger partial charge >= 0.3 is 6.09 Å². The quantitative estimate of drug-likeness (QED) is 0.803. The average molecular weight is 242 g/mol. The fourth-order valence-corrected chi connectivity index (χ4v) is 1.37. The largest absolute Gasteiger partial charge is 0.445 e. The van der Waals surface area contributed by atoms with Gasteiger partial charge in [0.15, 0.2) is 0 Å². The molecule has 88 valence electrons. The van der Waals surface area contributed by atoms with E-state index < -0.39 is 6.09 Å². The molecule has 1 rings (SSSR count). The van der Waals surface area contributed by atoms with Crippen molar-refractivity contribution in [3.63, 3.8) is 0 Å². The van der Waals surface area contributed by atoms with Gasteiger partial charge in [-0.3, -0.25) is 0 Å². The molecule has 0 saturated carbocycles. The molecule has 0 aliphatic heterocycles. The van der Waals surface area contributed by atoms with Gasteiger partial charge in [0.2, 0.25) is 0 Å². The van der Waals surface area contributed by atoms with Gasteiger partial charge in [-0.1, -0.05) is 43.1 Å². The molecule has 0 aliphatic rings. The number of rotatable bonds is 5. The number of nitrogens with one attached hydrogen (secondary N) is 1. The molecule has 3 nitrogen and oxygen atoms in total. The second-order valence-electron chi connectivity index (χ2n) is 3.45. The Morgan fingerprint density at radius 1 is 1.44 bits per heavy atom. The summed E-state index contributed by atoms with van der Waals surface area (Å²) in [5.41, 5.74) is 0.815. The predicted octanol–water partition coefficient (Wildman–Crippen LogP) is 3.37. The number of carbonyl (C=O) groups excluding carboxylic acids is 1. The third-order valence-corrected chi connectivity index (χ3v) is 2.48. The van der Waals surface area contributed by atoms with Crippen LogP contribution in [-0.4, -0.2) is 12.6 Å². The van der Waals surface area contributed by atoms with Crippen molar-refractivity contribution in [1.29, 1.82) is 0 Å². The van der Waals surface area contributed by atoms with Crippen LogP contribution in [0, 0.1) is 0 Å². The molecule has 16 heavy (non-hydrogen) atoms. The second-order valence-corrected chi connectivity index (χ2v) is 3.86. The highest BCUT2D eigenvalue weighted by Gasteiger charge is 2.03. The first-order valence-corrected chi connectivity index (χ1v) is 5.76. The van der Waals surface area contributed by atoms with Gasteiger partial charge in [0.1, 0.15) is 6.61 Å². The van der Waals surface area contributed by atoms with Gasteiger partial charge in [-0.05, 0) is 12.5 Å². The number of halogens is 1. The monoisotopic (exact) mass is 241 g/mol. The first-order valence-electron chi connectivity index (χ1n) is 5.38. The Hall–Kier alpha value is -1.22. The summed E-state index contributed by atoms with van der Waals surface area (Å²) >= 11 is 5.92. The van der Waals surface area contributed by atoms with Crippen LogP contribution in [0.5, 0.6) is 0 Å². The van der Waals surface area contributed by atoms with Crippen molar-refractivity contribution in [2.24, 2.45) is 0 Å². The van der Waals surface area contributed by atoms with Gasteiger partial charge in [0, 0.05) is 17.1 Å². The number of ether oxygens (including phenoxy) is 1. The van der Waals surface area contributed by atoms with E-state index in [1.165, 1.54) is 0 Å². The molecular weight excluding hydrogens is 226 g/mol. The van der Waals surface area contributed by atoms with E-state index in [2.05, 4.69) is 12.2 Å². The highest BCUT2D eigenvalue weighted by Crippen LogP contribution is 2.15. The van der Waals surface area contributed by atoms with Crippen LogP contribution in [0.4, 0.5) is 4.79 Å². The highest BCUT2D eigenvalue weighted by atomic mass is 35.5. The molecule has 0 bridgehead atoms. The third kappa shape index (κ3) is 4.53. The molecule has 1 amide bonds. The lowest BCUT2D eigenvalue weighted by molar-refractivity contribution is 0.139. The maximum Gasteiger partial charge on any atom is 0.407 e. The summed E-state index contributed by atoms with van der Waals surface area (Å²) in [4.78, 5) is 11.2. The average Bonchev–Trinajstić information content (AvgIpc) is 2.28. The molecule has 0 atom stereocenters. The number of amides is 1. The Bertz CT molecular complexity index is 342. The maximum absolute atomic E-state index is 11.2. The van der Waals surface area contributed by atoms with Crippen LogP contribution in [0.2, 0.25) is 5.02 Å². The fourth-order valence-electron chi connectivity index (χ4n) is 1.18.